The summed E-state index contributed by atoms with van der Waals surface area (Å²) in [6.07, 6.45) is 1.61. The first-order valence-corrected chi connectivity index (χ1v) is 7.24. The van der Waals surface area contributed by atoms with E-state index in [4.69, 9.17) is 28.9 Å². The second-order valence-corrected chi connectivity index (χ2v) is 5.50. The van der Waals surface area contributed by atoms with Gasteiger partial charge in [-0.3, -0.25) is 4.79 Å². The Kier molecular flexibility index (Phi) is 5.22. The highest BCUT2D eigenvalue weighted by Crippen LogP contribution is 2.26. The zero-order valence-electron chi connectivity index (χ0n) is 11.5. The number of hydrogen-bond donors (Lipinski definition) is 2. The van der Waals surface area contributed by atoms with E-state index in [2.05, 4.69) is 10.4 Å². The van der Waals surface area contributed by atoms with Crippen LogP contribution in [-0.2, 0) is 11.3 Å². The van der Waals surface area contributed by atoms with E-state index >= 15 is 0 Å². The predicted molar refractivity (Wildman–Crippen MR) is 84.6 cm³/mol. The van der Waals surface area contributed by atoms with E-state index in [0.29, 0.717) is 29.0 Å². The molecule has 2 rings (SSSR count). The van der Waals surface area contributed by atoms with Gasteiger partial charge in [0.05, 0.1) is 22.8 Å². The quantitative estimate of drug-likeness (QED) is 0.887. The third kappa shape index (κ3) is 3.75. The van der Waals surface area contributed by atoms with Crippen molar-refractivity contribution in [3.63, 3.8) is 0 Å². The van der Waals surface area contributed by atoms with E-state index in [1.807, 2.05) is 12.1 Å². The second kappa shape index (κ2) is 6.93. The lowest BCUT2D eigenvalue weighted by molar-refractivity contribution is -0.119. The maximum Gasteiger partial charge on any atom is 0.229 e. The van der Waals surface area contributed by atoms with E-state index in [-0.39, 0.29) is 11.8 Å². The van der Waals surface area contributed by atoms with Gasteiger partial charge < -0.3 is 11.1 Å². The lowest BCUT2D eigenvalue weighted by Gasteiger charge is -2.13. The van der Waals surface area contributed by atoms with E-state index in [0.717, 1.165) is 5.56 Å². The van der Waals surface area contributed by atoms with E-state index in [1.54, 1.807) is 29.9 Å². The monoisotopic (exact) mass is 326 g/mol. The van der Waals surface area contributed by atoms with Crippen LogP contribution in [0.25, 0.3) is 0 Å². The van der Waals surface area contributed by atoms with Crippen LogP contribution < -0.4 is 11.1 Å². The van der Waals surface area contributed by atoms with Gasteiger partial charge in [-0.25, -0.2) is 4.68 Å². The van der Waals surface area contributed by atoms with Crippen LogP contribution in [0.5, 0.6) is 0 Å². The van der Waals surface area contributed by atoms with Crippen LogP contribution >= 0.6 is 23.2 Å². The number of rotatable bonds is 5. The van der Waals surface area contributed by atoms with Crippen LogP contribution in [0.2, 0.25) is 10.0 Å². The Morgan fingerprint density at radius 1 is 1.43 bits per heavy atom. The van der Waals surface area contributed by atoms with Crippen molar-refractivity contribution in [3.05, 3.63) is 46.1 Å². The van der Waals surface area contributed by atoms with Crippen molar-refractivity contribution in [1.29, 1.82) is 0 Å². The van der Waals surface area contributed by atoms with Gasteiger partial charge in [0.25, 0.3) is 0 Å². The summed E-state index contributed by atoms with van der Waals surface area (Å²) in [5.41, 5.74) is 6.31. The average Bonchev–Trinajstić information content (AvgIpc) is 2.90. The van der Waals surface area contributed by atoms with Gasteiger partial charge in [-0.15, -0.1) is 0 Å². The molecule has 1 aromatic carbocycles. The summed E-state index contributed by atoms with van der Waals surface area (Å²) in [5.74, 6) is 0.191. The number of hydrogen-bond acceptors (Lipinski definition) is 3. The van der Waals surface area contributed by atoms with Crippen molar-refractivity contribution in [2.24, 2.45) is 11.7 Å². The van der Waals surface area contributed by atoms with Gasteiger partial charge in [-0.1, -0.05) is 42.3 Å². The number of carbonyl (C=O) groups is 1. The maximum absolute atomic E-state index is 11.9. The normalized spacial score (nSPS) is 12.2. The van der Waals surface area contributed by atoms with Crippen LogP contribution in [0.1, 0.15) is 12.5 Å². The standard InChI is InChI=1S/C14H16Cl2N4O/c1-9(7-17)14(21)19-12-5-6-18-20(12)8-10-3-2-4-11(15)13(10)16/h2-6,9H,7-8,17H2,1H3,(H,19,21). The molecule has 0 aliphatic rings. The molecule has 0 bridgehead atoms. The van der Waals surface area contributed by atoms with Gasteiger partial charge in [0.15, 0.2) is 0 Å². The highest BCUT2D eigenvalue weighted by atomic mass is 35.5. The molecule has 0 fully saturated rings. The topological polar surface area (TPSA) is 72.9 Å². The first kappa shape index (κ1) is 15.8. The Morgan fingerprint density at radius 2 is 2.19 bits per heavy atom. The fourth-order valence-electron chi connectivity index (χ4n) is 1.75. The summed E-state index contributed by atoms with van der Waals surface area (Å²) in [6, 6.07) is 7.13. The van der Waals surface area contributed by atoms with Gasteiger partial charge in [-0.2, -0.15) is 5.10 Å². The lowest BCUT2D eigenvalue weighted by atomic mass is 10.2. The number of benzene rings is 1. The van der Waals surface area contributed by atoms with Gasteiger partial charge in [-0.05, 0) is 11.6 Å². The smallest absolute Gasteiger partial charge is 0.229 e. The van der Waals surface area contributed by atoms with E-state index in [1.165, 1.54) is 0 Å². The number of carbonyl (C=O) groups excluding carboxylic acids is 1. The SMILES string of the molecule is CC(CN)C(=O)Nc1ccnn1Cc1cccc(Cl)c1Cl. The summed E-state index contributed by atoms with van der Waals surface area (Å²) >= 11 is 12.2. The lowest BCUT2D eigenvalue weighted by Crippen LogP contribution is -2.27. The molecule has 1 aromatic heterocycles. The van der Waals surface area contributed by atoms with Crippen LogP contribution in [0.3, 0.4) is 0 Å². The van der Waals surface area contributed by atoms with Gasteiger partial charge in [0, 0.05) is 18.5 Å². The summed E-state index contributed by atoms with van der Waals surface area (Å²) < 4.78 is 1.65. The Balaban J connectivity index is 2.17. The van der Waals surface area contributed by atoms with Crippen molar-refractivity contribution < 1.29 is 4.79 Å². The Labute approximate surface area is 133 Å². The molecule has 0 aliphatic heterocycles. The second-order valence-electron chi connectivity index (χ2n) is 4.71. The zero-order chi connectivity index (χ0) is 15.4. The van der Waals surface area contributed by atoms with Gasteiger partial charge in [0.1, 0.15) is 5.82 Å². The molecule has 1 atom stereocenters. The zero-order valence-corrected chi connectivity index (χ0v) is 13.0. The largest absolute Gasteiger partial charge is 0.330 e. The number of nitrogens with zero attached hydrogens (tertiary/aromatic N) is 2. The Hall–Kier alpha value is -1.56. The molecule has 7 heteroatoms. The molecule has 1 amide bonds. The molecule has 2 aromatic rings. The molecule has 3 N–H and O–H groups in total. The first-order chi connectivity index (χ1) is 10.0. The highest BCUT2D eigenvalue weighted by molar-refractivity contribution is 6.42. The molecule has 0 aliphatic carbocycles. The molecule has 1 unspecified atom stereocenters. The molecule has 1 heterocycles. The Bertz CT molecular complexity index is 642. The fraction of sp³-hybridized carbons (Fsp3) is 0.286. The molecule has 0 radical (unpaired) electrons. The molecule has 0 saturated carbocycles. The summed E-state index contributed by atoms with van der Waals surface area (Å²) in [6.45, 7) is 2.48. The number of amides is 1. The summed E-state index contributed by atoms with van der Waals surface area (Å²) in [5, 5.41) is 7.97. The van der Waals surface area contributed by atoms with E-state index in [9.17, 15) is 4.79 Å². The minimum atomic E-state index is -0.261. The summed E-state index contributed by atoms with van der Waals surface area (Å²) in [7, 11) is 0. The molecular formula is C14H16Cl2N4O. The predicted octanol–water partition coefficient (Wildman–Crippen LogP) is 2.77. The fourth-order valence-corrected chi connectivity index (χ4v) is 2.13. The van der Waals surface area contributed by atoms with Crippen molar-refractivity contribution in [2.75, 3.05) is 11.9 Å². The van der Waals surface area contributed by atoms with Crippen molar-refractivity contribution in [3.8, 4) is 0 Å². The maximum atomic E-state index is 11.9. The molecule has 0 spiro atoms. The molecule has 5 nitrogen and oxygen atoms in total. The molecular weight excluding hydrogens is 311 g/mol. The van der Waals surface area contributed by atoms with E-state index < -0.39 is 0 Å². The number of nitrogens with one attached hydrogen (secondary N) is 1. The van der Waals surface area contributed by atoms with Crippen molar-refractivity contribution in [1.82, 2.24) is 9.78 Å². The number of halogens is 2. The average molecular weight is 327 g/mol. The number of aromatic nitrogens is 2. The van der Waals surface area contributed by atoms with Crippen molar-refractivity contribution in [2.45, 2.75) is 13.5 Å². The van der Waals surface area contributed by atoms with Crippen LogP contribution in [0.4, 0.5) is 5.82 Å². The van der Waals surface area contributed by atoms with Gasteiger partial charge in [0.2, 0.25) is 5.91 Å². The molecule has 0 saturated heterocycles. The van der Waals surface area contributed by atoms with Crippen LogP contribution in [-0.4, -0.2) is 22.2 Å². The third-order valence-corrected chi connectivity index (χ3v) is 3.98. The summed E-state index contributed by atoms with van der Waals surface area (Å²) in [4.78, 5) is 11.9. The number of nitrogens with two attached hydrogens (primary N) is 1. The van der Waals surface area contributed by atoms with Gasteiger partial charge >= 0.3 is 0 Å². The third-order valence-electron chi connectivity index (χ3n) is 3.12. The minimum absolute atomic E-state index is 0.142. The van der Waals surface area contributed by atoms with Crippen LogP contribution in [0.15, 0.2) is 30.5 Å². The van der Waals surface area contributed by atoms with Crippen LogP contribution in [0, 0.1) is 5.92 Å². The van der Waals surface area contributed by atoms with Crippen molar-refractivity contribution >= 4 is 34.9 Å². The Morgan fingerprint density at radius 3 is 2.90 bits per heavy atom. The highest BCUT2D eigenvalue weighted by Gasteiger charge is 2.14. The molecule has 21 heavy (non-hydrogen) atoms. The first-order valence-electron chi connectivity index (χ1n) is 6.48. The minimum Gasteiger partial charge on any atom is -0.330 e. The number of anilines is 1. The molecule has 112 valence electrons.